The van der Waals surface area contributed by atoms with E-state index in [1.54, 1.807) is 5.57 Å². The van der Waals surface area contributed by atoms with Crippen LogP contribution in [0.5, 0.6) is 0 Å². The van der Waals surface area contributed by atoms with Crippen LogP contribution in [-0.4, -0.2) is 55.1 Å². The van der Waals surface area contributed by atoms with Gasteiger partial charge in [0.05, 0.1) is 25.9 Å². The molecule has 0 N–H and O–H groups in total. The standard InChI is InChI=1S/C60H78O5Si2/c1-45-47(35-34-46-24-22-38-59(8)53(46)36-37-55(59)60(39-40-60)44-63-41-23-33-56(61)62-9)42-48(64-66(57(2,3)4,49-25-14-10-15-26-49)50-27-16-11-17-28-50)43-54(45)65-67(58(5,6)7,51-29-18-12-19-30-51)52-31-20-13-21-32-52/h10-21,25-32,34-35,48,53-55H,1,22-24,33,36-44H2,2-9H3/b46-34+,47-35-/t48-,53?,54+,55+,59+/m1/s1. The van der Waals surface area contributed by atoms with Gasteiger partial charge in [-0.15, -0.1) is 0 Å². The molecular weight excluding hydrogens is 857 g/mol. The summed E-state index contributed by atoms with van der Waals surface area (Å²) in [6.07, 6.45) is 15.9. The quantitative estimate of drug-likeness (QED) is 0.0636. The van der Waals surface area contributed by atoms with Crippen molar-refractivity contribution in [2.75, 3.05) is 20.3 Å². The van der Waals surface area contributed by atoms with E-state index in [1.807, 2.05) is 0 Å². The van der Waals surface area contributed by atoms with Gasteiger partial charge in [0.1, 0.15) is 0 Å². The maximum absolute atomic E-state index is 11.7. The molecule has 8 rings (SSSR count). The van der Waals surface area contributed by atoms with E-state index in [1.165, 1.54) is 72.0 Å². The molecular formula is C60H78O5Si2. The van der Waals surface area contributed by atoms with Gasteiger partial charge in [-0.3, -0.25) is 4.79 Å². The molecule has 7 heteroatoms. The van der Waals surface area contributed by atoms with Crippen molar-refractivity contribution in [3.8, 4) is 0 Å². The summed E-state index contributed by atoms with van der Waals surface area (Å²) in [7, 11) is -4.42. The van der Waals surface area contributed by atoms with E-state index >= 15 is 0 Å². The predicted octanol–water partition coefficient (Wildman–Crippen LogP) is 12.0. The molecule has 4 aliphatic carbocycles. The van der Waals surface area contributed by atoms with Gasteiger partial charge in [-0.05, 0) is 122 Å². The Kier molecular flexibility index (Phi) is 14.8. The van der Waals surface area contributed by atoms with Gasteiger partial charge in [0, 0.05) is 19.4 Å². The van der Waals surface area contributed by atoms with Crippen molar-refractivity contribution in [1.29, 1.82) is 0 Å². The van der Waals surface area contributed by atoms with Crippen LogP contribution < -0.4 is 20.7 Å². The molecule has 4 fully saturated rings. The van der Waals surface area contributed by atoms with Crippen molar-refractivity contribution in [2.24, 2.45) is 22.7 Å². The molecule has 5 nitrogen and oxygen atoms in total. The first-order valence-corrected chi connectivity index (χ1v) is 29.2. The van der Waals surface area contributed by atoms with Crippen molar-refractivity contribution in [1.82, 2.24) is 0 Å². The molecule has 0 aliphatic heterocycles. The van der Waals surface area contributed by atoms with E-state index in [4.69, 9.17) is 24.9 Å². The van der Waals surface area contributed by atoms with Crippen LogP contribution in [0.4, 0.5) is 0 Å². The number of esters is 1. The molecule has 4 aromatic rings. The first-order chi connectivity index (χ1) is 32.1. The van der Waals surface area contributed by atoms with Crippen molar-refractivity contribution in [2.45, 2.75) is 141 Å². The van der Waals surface area contributed by atoms with Crippen LogP contribution in [0, 0.1) is 22.7 Å². The summed E-state index contributed by atoms with van der Waals surface area (Å²) in [4.78, 5) is 11.7. The summed E-state index contributed by atoms with van der Waals surface area (Å²) in [5.74, 6) is 1.05. The van der Waals surface area contributed by atoms with Crippen LogP contribution in [0.2, 0.25) is 10.1 Å². The summed E-state index contributed by atoms with van der Waals surface area (Å²) in [5, 5.41) is 4.80. The topological polar surface area (TPSA) is 54.0 Å². The molecule has 0 spiro atoms. The highest BCUT2D eigenvalue weighted by atomic mass is 28.4. The van der Waals surface area contributed by atoms with Crippen molar-refractivity contribution in [3.05, 3.63) is 157 Å². The summed E-state index contributed by atoms with van der Waals surface area (Å²) in [6.45, 7) is 23.3. The Morgan fingerprint density at radius 1 is 0.716 bits per heavy atom. The highest BCUT2D eigenvalue weighted by Crippen LogP contribution is 2.68. The molecule has 67 heavy (non-hydrogen) atoms. The van der Waals surface area contributed by atoms with Gasteiger partial charge in [0.2, 0.25) is 0 Å². The molecule has 0 saturated heterocycles. The number of methoxy groups -OCH3 is 1. The number of hydrogen-bond acceptors (Lipinski definition) is 5. The first kappa shape index (κ1) is 49.3. The molecule has 0 radical (unpaired) electrons. The van der Waals surface area contributed by atoms with Crippen LogP contribution in [0.15, 0.2) is 157 Å². The lowest BCUT2D eigenvalue weighted by Crippen LogP contribution is -2.69. The second-order valence-electron chi connectivity index (χ2n) is 22.7. The van der Waals surface area contributed by atoms with Crippen LogP contribution >= 0.6 is 0 Å². The first-order valence-electron chi connectivity index (χ1n) is 25.4. The SMILES string of the molecule is C=C1/C(=C\C=C2/CCC[C@@]3(C)C2CC[C@@H]3C2(COCCCC(=O)OC)CC2)C[C@@H](O[Si](c2ccccc2)(c2ccccc2)C(C)(C)C)C[C@@H]1O[Si](c1ccccc1)(c1ccccc1)C(C)(C)C. The number of allylic oxidation sites excluding steroid dienone is 3. The van der Waals surface area contributed by atoms with Crippen molar-refractivity contribution >= 4 is 43.4 Å². The lowest BCUT2D eigenvalue weighted by Gasteiger charge is -2.49. The highest BCUT2D eigenvalue weighted by molar-refractivity contribution is 7.00. The number of hydrogen-bond donors (Lipinski definition) is 0. The Bertz CT molecular complexity index is 2280. The summed E-state index contributed by atoms with van der Waals surface area (Å²) >= 11 is 0. The lowest BCUT2D eigenvalue weighted by molar-refractivity contribution is -0.141. The molecule has 4 saturated carbocycles. The molecule has 0 heterocycles. The van der Waals surface area contributed by atoms with Crippen molar-refractivity contribution in [3.63, 3.8) is 0 Å². The number of ether oxygens (including phenoxy) is 2. The Labute approximate surface area is 405 Å². The molecule has 0 aromatic heterocycles. The molecule has 4 aromatic carbocycles. The predicted molar refractivity (Wildman–Crippen MR) is 281 cm³/mol. The second-order valence-corrected chi connectivity index (χ2v) is 31.2. The fraction of sp³-hybridized carbons (Fsp3) is 0.483. The molecule has 0 bridgehead atoms. The number of carbonyl (C=O) groups excluding carboxylic acids is 1. The summed E-state index contributed by atoms with van der Waals surface area (Å²) < 4.78 is 27.4. The van der Waals surface area contributed by atoms with Gasteiger partial charge in [-0.25, -0.2) is 0 Å². The van der Waals surface area contributed by atoms with E-state index in [9.17, 15) is 4.79 Å². The number of rotatable bonds is 16. The van der Waals surface area contributed by atoms with Gasteiger partial charge in [0.25, 0.3) is 16.6 Å². The summed E-state index contributed by atoms with van der Waals surface area (Å²) in [5.41, 5.74) is 4.47. The van der Waals surface area contributed by atoms with Gasteiger partial charge >= 0.3 is 5.97 Å². The number of fused-ring (bicyclic) bond motifs is 1. The van der Waals surface area contributed by atoms with E-state index in [0.717, 1.165) is 31.4 Å². The van der Waals surface area contributed by atoms with Gasteiger partial charge < -0.3 is 18.3 Å². The van der Waals surface area contributed by atoms with E-state index in [0.29, 0.717) is 31.3 Å². The average molecular weight is 935 g/mol. The zero-order valence-electron chi connectivity index (χ0n) is 42.0. The summed E-state index contributed by atoms with van der Waals surface area (Å²) in [6, 6.07) is 44.3. The Hall–Kier alpha value is -4.12. The van der Waals surface area contributed by atoms with Gasteiger partial charge in [-0.2, -0.15) is 0 Å². The lowest BCUT2D eigenvalue weighted by atomic mass is 9.60. The minimum Gasteiger partial charge on any atom is -0.469 e. The number of carbonyl (C=O) groups is 1. The smallest absolute Gasteiger partial charge is 0.305 e. The van der Waals surface area contributed by atoms with E-state index in [-0.39, 0.29) is 39.1 Å². The van der Waals surface area contributed by atoms with E-state index < -0.39 is 16.6 Å². The van der Waals surface area contributed by atoms with Crippen LogP contribution in [-0.2, 0) is 23.1 Å². The zero-order chi connectivity index (χ0) is 47.5. The van der Waals surface area contributed by atoms with Gasteiger partial charge in [0.15, 0.2) is 0 Å². The minimum atomic E-state index is -2.96. The fourth-order valence-corrected chi connectivity index (χ4v) is 22.6. The monoisotopic (exact) mass is 935 g/mol. The van der Waals surface area contributed by atoms with Crippen LogP contribution in [0.25, 0.3) is 0 Å². The highest BCUT2D eigenvalue weighted by Gasteiger charge is 2.61. The maximum atomic E-state index is 11.7. The van der Waals surface area contributed by atoms with Crippen LogP contribution in [0.3, 0.4) is 0 Å². The average Bonchev–Trinajstić information content (AvgIpc) is 4.01. The third-order valence-electron chi connectivity index (χ3n) is 16.6. The minimum absolute atomic E-state index is 0.0977. The zero-order valence-corrected chi connectivity index (χ0v) is 44.0. The molecule has 356 valence electrons. The molecule has 4 aliphatic rings. The molecule has 0 amide bonds. The Morgan fingerprint density at radius 2 is 1.22 bits per heavy atom. The maximum Gasteiger partial charge on any atom is 0.305 e. The Morgan fingerprint density at radius 3 is 1.70 bits per heavy atom. The second kappa shape index (κ2) is 20.1. The molecule has 5 atom stereocenters. The van der Waals surface area contributed by atoms with Crippen LogP contribution in [0.1, 0.15) is 119 Å². The number of benzene rings is 4. The third kappa shape index (κ3) is 9.75. The largest absolute Gasteiger partial charge is 0.469 e. The normalized spacial score (nSPS) is 25.5. The fourth-order valence-electron chi connectivity index (χ4n) is 13.2. The Balaban J connectivity index is 1.17. The van der Waals surface area contributed by atoms with E-state index in [2.05, 4.69) is 182 Å². The molecule has 1 unspecified atom stereocenters. The van der Waals surface area contributed by atoms with Gasteiger partial charge in [-0.1, -0.05) is 194 Å². The third-order valence-corrected chi connectivity index (χ3v) is 26.7. The van der Waals surface area contributed by atoms with Crippen molar-refractivity contribution < 1.29 is 23.1 Å².